The maximum absolute atomic E-state index is 11.5. The van der Waals surface area contributed by atoms with Crippen LogP contribution in [-0.2, 0) is 9.53 Å². The Hall–Kier alpha value is -0.350. The van der Waals surface area contributed by atoms with Crippen molar-refractivity contribution < 1.29 is 31.0 Å². The van der Waals surface area contributed by atoms with Gasteiger partial charge in [-0.3, -0.25) is 0 Å². The van der Waals surface area contributed by atoms with Crippen molar-refractivity contribution in [1.29, 1.82) is 0 Å². The van der Waals surface area contributed by atoms with Crippen molar-refractivity contribution in [2.24, 2.45) is 0 Å². The van der Waals surface area contributed by atoms with E-state index >= 15 is 0 Å². The van der Waals surface area contributed by atoms with Gasteiger partial charge in [-0.05, 0) is 39.2 Å². The Labute approximate surface area is 115 Å². The van der Waals surface area contributed by atoms with Gasteiger partial charge in [-0.1, -0.05) is 5.57 Å². The normalized spacial score (nSPS) is 17.8. The minimum atomic E-state index is -0.0796. The van der Waals surface area contributed by atoms with E-state index in [2.05, 4.69) is 19.9 Å². The maximum atomic E-state index is 11.5. The Balaban J connectivity index is 0.00000256. The van der Waals surface area contributed by atoms with E-state index in [1.165, 1.54) is 31.9 Å². The number of ether oxygens (including phenoxy) is 1. The molecule has 0 aromatic carbocycles. The molecule has 17 heavy (non-hydrogen) atoms. The summed E-state index contributed by atoms with van der Waals surface area (Å²) in [6.07, 6.45) is 6.01. The first-order valence-corrected chi connectivity index (χ1v) is 6.13. The molecule has 0 aromatic heterocycles. The average molecular weight is 306 g/mol. The lowest BCUT2D eigenvalue weighted by molar-refractivity contribution is -0.920. The highest BCUT2D eigenvalue weighted by Gasteiger charge is 2.31. The van der Waals surface area contributed by atoms with E-state index in [-0.39, 0.29) is 23.0 Å². The highest BCUT2D eigenvalue weighted by molar-refractivity contribution is 5.70. The van der Waals surface area contributed by atoms with Crippen molar-refractivity contribution in [1.82, 2.24) is 0 Å². The molecule has 0 atom stereocenters. The molecule has 1 saturated heterocycles. The van der Waals surface area contributed by atoms with Crippen LogP contribution in [0.5, 0.6) is 0 Å². The van der Waals surface area contributed by atoms with Gasteiger partial charge in [0.25, 0.3) is 0 Å². The molecule has 0 spiro atoms. The molecule has 0 saturated carbocycles. The van der Waals surface area contributed by atoms with E-state index in [4.69, 9.17) is 4.74 Å². The molecule has 3 nitrogen and oxygen atoms in total. The van der Waals surface area contributed by atoms with Gasteiger partial charge in [0.05, 0.1) is 26.7 Å². The third kappa shape index (κ3) is 5.68. The lowest BCUT2D eigenvalue weighted by atomic mass is 10.1. The molecule has 100 valence electrons. The number of hydrogen-bond acceptors (Lipinski definition) is 2. The number of quaternary nitrogens is 1. The standard InChI is InChI=1S/C13H24NO2.BrH/c1-12(2)7-10-14(11-13(15)16-3)8-5-4-6-9-14;/h7H,4-6,8-11H2,1-3H3;1H/q+1;/p-1. The SMILES string of the molecule is COC(=O)C[N+]1(CC=C(C)C)CCCCC1.[Br-]. The number of esters is 1. The molecular formula is C13H24BrNO2. The van der Waals surface area contributed by atoms with Crippen LogP contribution in [0.4, 0.5) is 0 Å². The molecule has 1 heterocycles. The molecule has 1 aliphatic heterocycles. The molecule has 1 fully saturated rings. The van der Waals surface area contributed by atoms with Crippen LogP contribution < -0.4 is 17.0 Å². The topological polar surface area (TPSA) is 26.3 Å². The van der Waals surface area contributed by atoms with Crippen LogP contribution in [0.15, 0.2) is 11.6 Å². The molecule has 0 aromatic rings. The predicted molar refractivity (Wildman–Crippen MR) is 65.0 cm³/mol. The van der Waals surface area contributed by atoms with Crippen molar-refractivity contribution in [3.8, 4) is 0 Å². The smallest absolute Gasteiger partial charge is 0.361 e. The summed E-state index contributed by atoms with van der Waals surface area (Å²) < 4.78 is 5.70. The first-order chi connectivity index (χ1) is 7.58. The van der Waals surface area contributed by atoms with Crippen LogP contribution in [-0.4, -0.2) is 43.7 Å². The number of nitrogens with zero attached hydrogens (tertiary/aromatic N) is 1. The monoisotopic (exact) mass is 305 g/mol. The minimum absolute atomic E-state index is 0. The van der Waals surface area contributed by atoms with Crippen LogP contribution in [0.2, 0.25) is 0 Å². The van der Waals surface area contributed by atoms with Gasteiger partial charge in [0.2, 0.25) is 0 Å². The zero-order chi connectivity index (χ0) is 12.0. The second-order valence-corrected chi connectivity index (χ2v) is 5.05. The van der Waals surface area contributed by atoms with Crippen molar-refractivity contribution >= 4 is 5.97 Å². The fourth-order valence-corrected chi connectivity index (χ4v) is 2.30. The molecule has 0 bridgehead atoms. The molecule has 0 amide bonds. The molecule has 4 heteroatoms. The first kappa shape index (κ1) is 16.6. The summed E-state index contributed by atoms with van der Waals surface area (Å²) in [7, 11) is 1.48. The third-order valence-electron chi connectivity index (χ3n) is 3.34. The second kappa shape index (κ2) is 7.88. The lowest BCUT2D eigenvalue weighted by Gasteiger charge is -2.39. The fraction of sp³-hybridized carbons (Fsp3) is 0.769. The van der Waals surface area contributed by atoms with E-state index in [1.807, 2.05) is 0 Å². The van der Waals surface area contributed by atoms with Crippen molar-refractivity contribution in [2.45, 2.75) is 33.1 Å². The van der Waals surface area contributed by atoms with Crippen molar-refractivity contribution in [2.75, 3.05) is 33.3 Å². The molecule has 1 aliphatic rings. The van der Waals surface area contributed by atoms with E-state index in [0.29, 0.717) is 6.54 Å². The number of carbonyl (C=O) groups excluding carboxylic acids is 1. The highest BCUT2D eigenvalue weighted by Crippen LogP contribution is 2.19. The van der Waals surface area contributed by atoms with E-state index in [9.17, 15) is 4.79 Å². The van der Waals surface area contributed by atoms with Gasteiger partial charge < -0.3 is 26.2 Å². The molecule has 0 unspecified atom stereocenters. The summed E-state index contributed by atoms with van der Waals surface area (Å²) in [6, 6.07) is 0. The Morgan fingerprint density at radius 2 is 1.82 bits per heavy atom. The Kier molecular flexibility index (Phi) is 7.71. The summed E-state index contributed by atoms with van der Waals surface area (Å²) in [5.74, 6) is -0.0796. The number of hydrogen-bond donors (Lipinski definition) is 0. The van der Waals surface area contributed by atoms with Gasteiger partial charge in [-0.25, -0.2) is 4.79 Å². The largest absolute Gasteiger partial charge is 1.00 e. The number of rotatable bonds is 4. The maximum Gasteiger partial charge on any atom is 0.361 e. The van der Waals surface area contributed by atoms with Crippen molar-refractivity contribution in [3.63, 3.8) is 0 Å². The second-order valence-electron chi connectivity index (χ2n) is 5.05. The van der Waals surface area contributed by atoms with Gasteiger partial charge in [0.1, 0.15) is 0 Å². The molecule has 0 aliphatic carbocycles. The lowest BCUT2D eigenvalue weighted by Crippen LogP contribution is -3.00. The quantitative estimate of drug-likeness (QED) is 0.383. The van der Waals surface area contributed by atoms with Crippen LogP contribution in [0.25, 0.3) is 0 Å². The van der Waals surface area contributed by atoms with Gasteiger partial charge >= 0.3 is 5.97 Å². The fourth-order valence-electron chi connectivity index (χ4n) is 2.30. The van der Waals surface area contributed by atoms with Crippen LogP contribution in [0.3, 0.4) is 0 Å². The zero-order valence-electron chi connectivity index (χ0n) is 11.2. The highest BCUT2D eigenvalue weighted by atomic mass is 79.9. The van der Waals surface area contributed by atoms with Gasteiger partial charge in [-0.2, -0.15) is 0 Å². The average Bonchev–Trinajstić information content (AvgIpc) is 2.28. The first-order valence-electron chi connectivity index (χ1n) is 6.13. The van der Waals surface area contributed by atoms with Crippen LogP contribution >= 0.6 is 0 Å². The Morgan fingerprint density at radius 1 is 1.24 bits per heavy atom. The van der Waals surface area contributed by atoms with Crippen LogP contribution in [0.1, 0.15) is 33.1 Å². The molecular weight excluding hydrogens is 282 g/mol. The summed E-state index contributed by atoms with van der Waals surface area (Å²) in [5.41, 5.74) is 1.33. The summed E-state index contributed by atoms with van der Waals surface area (Å²) in [6.45, 7) is 7.94. The Morgan fingerprint density at radius 3 is 2.29 bits per heavy atom. The van der Waals surface area contributed by atoms with E-state index in [1.54, 1.807) is 0 Å². The number of methoxy groups -OCH3 is 1. The van der Waals surface area contributed by atoms with Gasteiger partial charge in [-0.15, -0.1) is 0 Å². The third-order valence-corrected chi connectivity index (χ3v) is 3.34. The minimum Gasteiger partial charge on any atom is -1.00 e. The zero-order valence-corrected chi connectivity index (χ0v) is 12.8. The van der Waals surface area contributed by atoms with Gasteiger partial charge in [0, 0.05) is 0 Å². The molecule has 0 N–H and O–H groups in total. The van der Waals surface area contributed by atoms with Crippen LogP contribution in [0, 0.1) is 0 Å². The number of allylic oxidation sites excluding steroid dienone is 1. The predicted octanol–water partition coefficient (Wildman–Crippen LogP) is -0.870. The summed E-state index contributed by atoms with van der Waals surface area (Å²) >= 11 is 0. The summed E-state index contributed by atoms with van der Waals surface area (Å²) in [5, 5.41) is 0. The summed E-state index contributed by atoms with van der Waals surface area (Å²) in [4.78, 5) is 11.5. The molecule has 0 radical (unpaired) electrons. The van der Waals surface area contributed by atoms with E-state index in [0.717, 1.165) is 24.1 Å². The number of carbonyl (C=O) groups is 1. The van der Waals surface area contributed by atoms with Gasteiger partial charge in [0.15, 0.2) is 6.54 Å². The number of likely N-dealkylation sites (tertiary alicyclic amines) is 1. The van der Waals surface area contributed by atoms with Crippen molar-refractivity contribution in [3.05, 3.63) is 11.6 Å². The van der Waals surface area contributed by atoms with E-state index < -0.39 is 0 Å². The number of halogens is 1. The Bertz CT molecular complexity index is 267. The number of piperidine rings is 1. The molecule has 1 rings (SSSR count).